The number of aliphatic carboxylic acids is 1. The van der Waals surface area contributed by atoms with E-state index in [2.05, 4.69) is 29.2 Å². The first-order valence-corrected chi connectivity index (χ1v) is 10.5. The van der Waals surface area contributed by atoms with Crippen LogP contribution in [0.4, 0.5) is 4.79 Å². The highest BCUT2D eigenvalue weighted by Gasteiger charge is 2.55. The fourth-order valence-corrected chi connectivity index (χ4v) is 5.52. The summed E-state index contributed by atoms with van der Waals surface area (Å²) < 4.78 is 5.76. The molecule has 2 heterocycles. The third-order valence-electron chi connectivity index (χ3n) is 7.19. The van der Waals surface area contributed by atoms with Crippen LogP contribution in [0.1, 0.15) is 23.5 Å². The average Bonchev–Trinajstić information content (AvgIpc) is 3.29. The molecule has 2 fully saturated rings. The van der Waals surface area contributed by atoms with Crippen molar-refractivity contribution in [3.05, 3.63) is 59.7 Å². The molecule has 0 radical (unpaired) electrons. The number of benzene rings is 2. The van der Waals surface area contributed by atoms with Gasteiger partial charge in [0.25, 0.3) is 0 Å². The maximum atomic E-state index is 12.9. The van der Waals surface area contributed by atoms with Crippen molar-refractivity contribution in [2.24, 2.45) is 11.3 Å². The minimum absolute atomic E-state index is 0.00537. The fraction of sp³-hybridized carbons (Fsp3) is 0.417. The molecule has 1 N–H and O–H groups in total. The molecule has 2 aromatic carbocycles. The van der Waals surface area contributed by atoms with Crippen LogP contribution in [-0.2, 0) is 9.53 Å². The van der Waals surface area contributed by atoms with Crippen LogP contribution in [0.3, 0.4) is 0 Å². The number of ether oxygens (including phenoxy) is 1. The lowest BCUT2D eigenvalue weighted by molar-refractivity contribution is -0.153. The summed E-state index contributed by atoms with van der Waals surface area (Å²) in [6, 6.07) is 16.5. The lowest BCUT2D eigenvalue weighted by Gasteiger charge is -2.38. The normalized spacial score (nSPS) is 25.5. The minimum atomic E-state index is -0.849. The summed E-state index contributed by atoms with van der Waals surface area (Å²) in [6.07, 6.45) is 0.158. The van der Waals surface area contributed by atoms with Gasteiger partial charge in [0.1, 0.15) is 6.61 Å². The molecule has 3 aliphatic rings. The SMILES string of the molecule is CN1CC[C@@]2(C(=O)O)CN(C(=O)OCC3c4ccccc4-c4ccccc43)C[C@H]2C1. The topological polar surface area (TPSA) is 70.1 Å². The molecule has 0 aromatic heterocycles. The number of hydrogen-bond acceptors (Lipinski definition) is 4. The van der Waals surface area contributed by atoms with Gasteiger partial charge in [-0.05, 0) is 42.3 Å². The molecule has 0 bridgehead atoms. The summed E-state index contributed by atoms with van der Waals surface area (Å²) in [5.74, 6) is -0.852. The number of carbonyl (C=O) groups is 2. The van der Waals surface area contributed by atoms with Crippen molar-refractivity contribution in [2.45, 2.75) is 12.3 Å². The van der Waals surface area contributed by atoms with Gasteiger partial charge in [0, 0.05) is 31.5 Å². The third-order valence-corrected chi connectivity index (χ3v) is 7.19. The van der Waals surface area contributed by atoms with Crippen molar-refractivity contribution in [3.8, 4) is 11.1 Å². The van der Waals surface area contributed by atoms with E-state index >= 15 is 0 Å². The van der Waals surface area contributed by atoms with Gasteiger partial charge < -0.3 is 19.6 Å². The minimum Gasteiger partial charge on any atom is -0.481 e. The van der Waals surface area contributed by atoms with Crippen molar-refractivity contribution in [2.75, 3.05) is 39.8 Å². The number of carboxylic acid groups (broad SMARTS) is 1. The number of likely N-dealkylation sites (tertiary alicyclic amines) is 2. The molecular weight excluding hydrogens is 380 g/mol. The Hall–Kier alpha value is -2.86. The molecule has 0 spiro atoms. The van der Waals surface area contributed by atoms with Crippen LogP contribution in [0, 0.1) is 11.3 Å². The van der Waals surface area contributed by atoms with Crippen LogP contribution in [0.25, 0.3) is 11.1 Å². The maximum Gasteiger partial charge on any atom is 0.409 e. The van der Waals surface area contributed by atoms with Crippen LogP contribution in [0.15, 0.2) is 48.5 Å². The number of hydrogen-bond donors (Lipinski definition) is 1. The van der Waals surface area contributed by atoms with Crippen molar-refractivity contribution in [1.29, 1.82) is 0 Å². The molecule has 0 unspecified atom stereocenters. The van der Waals surface area contributed by atoms with E-state index in [1.807, 2.05) is 31.3 Å². The molecule has 5 rings (SSSR count). The number of nitrogens with zero attached hydrogens (tertiary/aromatic N) is 2. The third kappa shape index (κ3) is 2.89. The zero-order chi connectivity index (χ0) is 20.9. The Balaban J connectivity index is 1.32. The van der Waals surface area contributed by atoms with Gasteiger partial charge in [0.2, 0.25) is 0 Å². The van der Waals surface area contributed by atoms with E-state index in [0.717, 1.165) is 6.54 Å². The first-order valence-electron chi connectivity index (χ1n) is 10.5. The summed E-state index contributed by atoms with van der Waals surface area (Å²) in [6.45, 7) is 2.36. The van der Waals surface area contributed by atoms with Crippen LogP contribution >= 0.6 is 0 Å². The Bertz CT molecular complexity index is 961. The van der Waals surface area contributed by atoms with Crippen molar-refractivity contribution in [1.82, 2.24) is 9.80 Å². The number of carbonyl (C=O) groups excluding carboxylic acids is 1. The second-order valence-electron chi connectivity index (χ2n) is 8.85. The lowest BCUT2D eigenvalue weighted by atomic mass is 9.73. The first-order chi connectivity index (χ1) is 14.5. The zero-order valence-electron chi connectivity index (χ0n) is 17.1. The Morgan fingerprint density at radius 3 is 2.33 bits per heavy atom. The number of amides is 1. The molecule has 1 amide bonds. The molecule has 2 saturated heterocycles. The smallest absolute Gasteiger partial charge is 0.409 e. The average molecular weight is 406 g/mol. The highest BCUT2D eigenvalue weighted by Crippen LogP contribution is 2.45. The molecule has 30 heavy (non-hydrogen) atoms. The molecule has 2 atom stereocenters. The van der Waals surface area contributed by atoms with Crippen LogP contribution < -0.4 is 0 Å². The number of rotatable bonds is 3. The molecule has 6 nitrogen and oxygen atoms in total. The second-order valence-corrected chi connectivity index (χ2v) is 8.85. The molecule has 156 valence electrons. The molecule has 2 aromatic rings. The van der Waals surface area contributed by atoms with Crippen LogP contribution in [-0.4, -0.2) is 66.8 Å². The number of fused-ring (bicyclic) bond motifs is 4. The maximum absolute atomic E-state index is 12.9. The zero-order valence-corrected chi connectivity index (χ0v) is 17.1. The number of carboxylic acids is 1. The summed E-state index contributed by atoms with van der Waals surface area (Å²) in [5.41, 5.74) is 3.87. The van der Waals surface area contributed by atoms with E-state index in [0.29, 0.717) is 19.5 Å². The van der Waals surface area contributed by atoms with Gasteiger partial charge in [-0.25, -0.2) is 4.79 Å². The standard InChI is InChI=1S/C24H26N2O4/c1-25-11-10-24(22(27)28)15-26(13-16(24)12-25)23(29)30-14-21-19-8-4-2-6-17(19)18-7-3-5-9-20(18)21/h2-9,16,21H,10-15H2,1H3,(H,27,28)/t16-,24-/m1/s1. The monoisotopic (exact) mass is 406 g/mol. The highest BCUT2D eigenvalue weighted by molar-refractivity contribution is 5.80. The van der Waals surface area contributed by atoms with Gasteiger partial charge in [0.05, 0.1) is 5.41 Å². The van der Waals surface area contributed by atoms with E-state index in [-0.39, 0.29) is 25.0 Å². The summed E-state index contributed by atoms with van der Waals surface area (Å²) >= 11 is 0. The predicted octanol–water partition coefficient (Wildman–Crippen LogP) is 3.27. The van der Waals surface area contributed by atoms with Crippen LogP contribution in [0.2, 0.25) is 0 Å². The summed E-state index contributed by atoms with van der Waals surface area (Å²) in [4.78, 5) is 28.7. The lowest BCUT2D eigenvalue weighted by Crippen LogP contribution is -2.49. The second kappa shape index (κ2) is 7.13. The van der Waals surface area contributed by atoms with Crippen molar-refractivity contribution >= 4 is 12.1 Å². The molecule has 1 aliphatic carbocycles. The number of piperidine rings is 1. The van der Waals surface area contributed by atoms with Crippen LogP contribution in [0.5, 0.6) is 0 Å². The van der Waals surface area contributed by atoms with Crippen molar-refractivity contribution < 1.29 is 19.4 Å². The van der Waals surface area contributed by atoms with E-state index in [1.165, 1.54) is 22.3 Å². The van der Waals surface area contributed by atoms with Gasteiger partial charge in [-0.1, -0.05) is 48.5 Å². The largest absolute Gasteiger partial charge is 0.481 e. The van der Waals surface area contributed by atoms with Gasteiger partial charge in [0.15, 0.2) is 0 Å². The van der Waals surface area contributed by atoms with Crippen molar-refractivity contribution in [3.63, 3.8) is 0 Å². The molecule has 0 saturated carbocycles. The molecule has 2 aliphatic heterocycles. The quantitative estimate of drug-likeness (QED) is 0.847. The first kappa shape index (κ1) is 19.1. The summed E-state index contributed by atoms with van der Waals surface area (Å²) in [7, 11) is 2.00. The van der Waals surface area contributed by atoms with Gasteiger partial charge in [-0.15, -0.1) is 0 Å². The Kier molecular flexibility index (Phi) is 4.54. The highest BCUT2D eigenvalue weighted by atomic mass is 16.6. The fourth-order valence-electron chi connectivity index (χ4n) is 5.52. The van der Waals surface area contributed by atoms with Gasteiger partial charge in [-0.3, -0.25) is 4.79 Å². The molecular formula is C24H26N2O4. The van der Waals surface area contributed by atoms with Gasteiger partial charge in [-0.2, -0.15) is 0 Å². The molecule has 6 heteroatoms. The Labute approximate surface area is 176 Å². The van der Waals surface area contributed by atoms with E-state index in [9.17, 15) is 14.7 Å². The van der Waals surface area contributed by atoms with Gasteiger partial charge >= 0.3 is 12.1 Å². The Morgan fingerprint density at radius 2 is 1.70 bits per heavy atom. The summed E-state index contributed by atoms with van der Waals surface area (Å²) in [5, 5.41) is 9.91. The van der Waals surface area contributed by atoms with E-state index < -0.39 is 17.5 Å². The Morgan fingerprint density at radius 1 is 1.07 bits per heavy atom. The van der Waals surface area contributed by atoms with E-state index in [4.69, 9.17) is 4.74 Å². The predicted molar refractivity (Wildman–Crippen MR) is 112 cm³/mol. The van der Waals surface area contributed by atoms with E-state index in [1.54, 1.807) is 4.90 Å².